The molecule has 0 radical (unpaired) electrons. The van der Waals surface area contributed by atoms with Gasteiger partial charge in [-0.05, 0) is 12.1 Å². The Kier molecular flexibility index (Phi) is 2.66. The summed E-state index contributed by atoms with van der Waals surface area (Å²) >= 11 is 0. The summed E-state index contributed by atoms with van der Waals surface area (Å²) in [6.45, 7) is 3.01. The molecule has 0 bridgehead atoms. The minimum absolute atomic E-state index is 0.0655. The maximum absolute atomic E-state index is 12.1. The van der Waals surface area contributed by atoms with Crippen LogP contribution in [0, 0.1) is 0 Å². The van der Waals surface area contributed by atoms with Crippen LogP contribution < -0.4 is 4.74 Å². The Morgan fingerprint density at radius 3 is 2.55 bits per heavy atom. The first-order valence-corrected chi connectivity index (χ1v) is 3.30. The predicted molar refractivity (Wildman–Crippen MR) is 42.2 cm³/mol. The monoisotopic (exact) mass is 152 g/mol. The van der Waals surface area contributed by atoms with Crippen molar-refractivity contribution in [3.63, 3.8) is 0 Å². The zero-order valence-electron chi connectivity index (χ0n) is 6.09. The van der Waals surface area contributed by atoms with Gasteiger partial charge < -0.3 is 4.74 Å². The first-order chi connectivity index (χ1) is 5.29. The molecule has 0 unspecified atom stereocenters. The SMILES string of the molecule is C=C(F)COc1ccccc1. The summed E-state index contributed by atoms with van der Waals surface area (Å²) in [5.41, 5.74) is 0. The van der Waals surface area contributed by atoms with Gasteiger partial charge in [-0.2, -0.15) is 0 Å². The van der Waals surface area contributed by atoms with Crippen molar-refractivity contribution < 1.29 is 9.13 Å². The molecule has 0 amide bonds. The summed E-state index contributed by atoms with van der Waals surface area (Å²) in [6.07, 6.45) is 0. The highest BCUT2D eigenvalue weighted by molar-refractivity contribution is 5.21. The molecule has 1 aromatic carbocycles. The lowest BCUT2D eigenvalue weighted by Crippen LogP contribution is -1.95. The van der Waals surface area contributed by atoms with Crippen LogP contribution in [0.15, 0.2) is 42.7 Å². The molecule has 0 aromatic heterocycles. The third kappa shape index (κ3) is 2.85. The number of hydrogen-bond acceptors (Lipinski definition) is 1. The molecule has 0 aliphatic rings. The Morgan fingerprint density at radius 1 is 1.36 bits per heavy atom. The Labute approximate surface area is 65.1 Å². The molecule has 1 rings (SSSR count). The van der Waals surface area contributed by atoms with Gasteiger partial charge in [0.1, 0.15) is 18.2 Å². The molecule has 11 heavy (non-hydrogen) atoms. The second-order valence-electron chi connectivity index (χ2n) is 2.12. The van der Waals surface area contributed by atoms with Crippen LogP contribution in [0.4, 0.5) is 4.39 Å². The molecule has 0 aliphatic carbocycles. The average Bonchev–Trinajstić information content (AvgIpc) is 2.03. The first kappa shape index (κ1) is 7.79. The summed E-state index contributed by atoms with van der Waals surface area (Å²) in [4.78, 5) is 0. The van der Waals surface area contributed by atoms with Crippen LogP contribution in [0.3, 0.4) is 0 Å². The number of benzene rings is 1. The molecule has 0 fully saturated rings. The maximum atomic E-state index is 12.1. The maximum Gasteiger partial charge on any atom is 0.139 e. The number of halogens is 1. The van der Waals surface area contributed by atoms with Crippen molar-refractivity contribution >= 4 is 0 Å². The Hall–Kier alpha value is -1.31. The summed E-state index contributed by atoms with van der Waals surface area (Å²) < 4.78 is 17.1. The second kappa shape index (κ2) is 3.76. The van der Waals surface area contributed by atoms with Crippen molar-refractivity contribution in [2.45, 2.75) is 0 Å². The van der Waals surface area contributed by atoms with Crippen LogP contribution >= 0.6 is 0 Å². The van der Waals surface area contributed by atoms with Crippen LogP contribution in [-0.2, 0) is 0 Å². The van der Waals surface area contributed by atoms with E-state index in [2.05, 4.69) is 6.58 Å². The first-order valence-electron chi connectivity index (χ1n) is 3.30. The lowest BCUT2D eigenvalue weighted by atomic mass is 10.3. The predicted octanol–water partition coefficient (Wildman–Crippen LogP) is 2.55. The van der Waals surface area contributed by atoms with E-state index in [-0.39, 0.29) is 6.61 Å². The van der Waals surface area contributed by atoms with Gasteiger partial charge in [0.05, 0.1) is 0 Å². The molecular formula is C9H9FO. The highest BCUT2D eigenvalue weighted by Crippen LogP contribution is 2.09. The van der Waals surface area contributed by atoms with Crippen LogP contribution in [0.25, 0.3) is 0 Å². The average molecular weight is 152 g/mol. The molecule has 0 saturated carbocycles. The van der Waals surface area contributed by atoms with E-state index in [1.807, 2.05) is 18.2 Å². The molecule has 0 N–H and O–H groups in total. The van der Waals surface area contributed by atoms with Crippen molar-refractivity contribution in [1.82, 2.24) is 0 Å². The highest BCUT2D eigenvalue weighted by atomic mass is 19.1. The summed E-state index contributed by atoms with van der Waals surface area (Å²) in [5.74, 6) is 0.195. The van der Waals surface area contributed by atoms with Crippen molar-refractivity contribution in [3.05, 3.63) is 42.7 Å². The fourth-order valence-electron chi connectivity index (χ4n) is 0.678. The van der Waals surface area contributed by atoms with E-state index in [0.717, 1.165) is 0 Å². The standard InChI is InChI=1S/C9H9FO/c1-8(10)7-11-9-5-3-2-4-6-9/h2-6H,1,7H2. The zero-order valence-corrected chi connectivity index (χ0v) is 6.09. The lowest BCUT2D eigenvalue weighted by molar-refractivity contribution is 0.320. The summed E-state index contributed by atoms with van der Waals surface area (Å²) in [5, 5.41) is 0. The Bertz CT molecular complexity index is 231. The molecular weight excluding hydrogens is 143 g/mol. The van der Waals surface area contributed by atoms with Crippen molar-refractivity contribution in [2.75, 3.05) is 6.61 Å². The van der Waals surface area contributed by atoms with Crippen LogP contribution in [0.2, 0.25) is 0 Å². The molecule has 0 heterocycles. The zero-order chi connectivity index (χ0) is 8.10. The third-order valence-corrected chi connectivity index (χ3v) is 1.14. The number of hydrogen-bond donors (Lipinski definition) is 0. The largest absolute Gasteiger partial charge is 0.487 e. The van der Waals surface area contributed by atoms with Gasteiger partial charge in [0.15, 0.2) is 0 Å². The van der Waals surface area contributed by atoms with Gasteiger partial charge in [-0.15, -0.1) is 0 Å². The van der Waals surface area contributed by atoms with Gasteiger partial charge >= 0.3 is 0 Å². The highest BCUT2D eigenvalue weighted by Gasteiger charge is 1.92. The van der Waals surface area contributed by atoms with E-state index < -0.39 is 5.83 Å². The lowest BCUT2D eigenvalue weighted by Gasteiger charge is -2.01. The van der Waals surface area contributed by atoms with E-state index in [4.69, 9.17) is 4.74 Å². The van der Waals surface area contributed by atoms with Crippen LogP contribution in [0.1, 0.15) is 0 Å². The van der Waals surface area contributed by atoms with Gasteiger partial charge in [0.25, 0.3) is 0 Å². The van der Waals surface area contributed by atoms with Gasteiger partial charge in [-0.25, -0.2) is 4.39 Å². The van der Waals surface area contributed by atoms with Gasteiger partial charge in [-0.3, -0.25) is 0 Å². The van der Waals surface area contributed by atoms with Crippen molar-refractivity contribution in [2.24, 2.45) is 0 Å². The third-order valence-electron chi connectivity index (χ3n) is 1.14. The van der Waals surface area contributed by atoms with Crippen LogP contribution in [0.5, 0.6) is 5.75 Å². The van der Waals surface area contributed by atoms with Crippen LogP contribution in [-0.4, -0.2) is 6.61 Å². The second-order valence-corrected chi connectivity index (χ2v) is 2.12. The van der Waals surface area contributed by atoms with Crippen molar-refractivity contribution in [3.8, 4) is 5.75 Å². The Balaban J connectivity index is 2.45. The molecule has 58 valence electrons. The number of rotatable bonds is 3. The summed E-state index contributed by atoms with van der Waals surface area (Å²) in [7, 11) is 0. The van der Waals surface area contributed by atoms with Crippen molar-refractivity contribution in [1.29, 1.82) is 0 Å². The topological polar surface area (TPSA) is 9.23 Å². The normalized spacial score (nSPS) is 9.18. The fraction of sp³-hybridized carbons (Fsp3) is 0.111. The molecule has 0 spiro atoms. The number of ether oxygens (including phenoxy) is 1. The molecule has 2 heteroatoms. The van der Waals surface area contributed by atoms with E-state index in [9.17, 15) is 4.39 Å². The van der Waals surface area contributed by atoms with E-state index in [1.165, 1.54) is 0 Å². The fourth-order valence-corrected chi connectivity index (χ4v) is 0.678. The van der Waals surface area contributed by atoms with Gasteiger partial charge in [-0.1, -0.05) is 24.8 Å². The van der Waals surface area contributed by atoms with E-state index in [1.54, 1.807) is 12.1 Å². The van der Waals surface area contributed by atoms with E-state index in [0.29, 0.717) is 5.75 Å². The van der Waals surface area contributed by atoms with Gasteiger partial charge in [0, 0.05) is 0 Å². The molecule has 0 aliphatic heterocycles. The Morgan fingerprint density at radius 2 is 2.00 bits per heavy atom. The number of para-hydroxylation sites is 1. The minimum atomic E-state index is -0.464. The summed E-state index contributed by atoms with van der Waals surface area (Å²) in [6, 6.07) is 9.07. The van der Waals surface area contributed by atoms with Gasteiger partial charge in [0.2, 0.25) is 0 Å². The molecule has 1 nitrogen and oxygen atoms in total. The minimum Gasteiger partial charge on any atom is -0.487 e. The molecule has 0 atom stereocenters. The quantitative estimate of drug-likeness (QED) is 0.646. The molecule has 0 saturated heterocycles. The molecule has 1 aromatic rings. The smallest absolute Gasteiger partial charge is 0.139 e. The van der Waals surface area contributed by atoms with E-state index >= 15 is 0 Å².